The highest BCUT2D eigenvalue weighted by molar-refractivity contribution is 7.53. The Hall–Kier alpha value is 0.590. The van der Waals surface area contributed by atoms with E-state index in [1.807, 2.05) is 0 Å². The van der Waals surface area contributed by atoms with Crippen LogP contribution < -0.4 is 0 Å². The van der Waals surface area contributed by atoms with Gasteiger partial charge in [0.05, 0.1) is 18.9 Å². The van der Waals surface area contributed by atoms with Crippen LogP contribution >= 0.6 is 26.8 Å². The van der Waals surface area contributed by atoms with Crippen molar-refractivity contribution in [3.63, 3.8) is 0 Å². The second kappa shape index (κ2) is 5.47. The minimum Gasteiger partial charge on any atom is -0.324 e. The summed E-state index contributed by atoms with van der Waals surface area (Å²) in [7, 11) is -7.91. The standard InChI is InChI=1S/C4H11ClO6P2/c5-1-3-13(9,10)11-2-4-12(6,7)8/h1-4H2,(H,9,10)(H2,6,7,8). The Labute approximate surface area is 80.6 Å². The summed E-state index contributed by atoms with van der Waals surface area (Å²) >= 11 is 5.19. The van der Waals surface area contributed by atoms with Crippen molar-refractivity contribution in [3.8, 4) is 0 Å². The van der Waals surface area contributed by atoms with E-state index in [-0.39, 0.29) is 12.0 Å². The first kappa shape index (κ1) is 13.6. The Morgan fingerprint density at radius 1 is 1.15 bits per heavy atom. The van der Waals surface area contributed by atoms with Crippen molar-refractivity contribution in [1.82, 2.24) is 0 Å². The smallest absolute Gasteiger partial charge is 0.324 e. The summed E-state index contributed by atoms with van der Waals surface area (Å²) < 4.78 is 25.6. The van der Waals surface area contributed by atoms with E-state index in [2.05, 4.69) is 4.52 Å². The maximum Gasteiger partial charge on any atom is 0.329 e. The second-order valence-corrected chi connectivity index (χ2v) is 6.41. The number of alkyl halides is 1. The molecular weight excluding hydrogens is 241 g/mol. The molecule has 0 fully saturated rings. The highest BCUT2D eigenvalue weighted by Gasteiger charge is 2.20. The fourth-order valence-electron chi connectivity index (χ4n) is 0.474. The van der Waals surface area contributed by atoms with Crippen LogP contribution in [0.15, 0.2) is 0 Å². The van der Waals surface area contributed by atoms with Crippen molar-refractivity contribution < 1.29 is 28.3 Å². The van der Waals surface area contributed by atoms with Crippen LogP contribution in [-0.2, 0) is 13.7 Å². The van der Waals surface area contributed by atoms with Crippen molar-refractivity contribution in [3.05, 3.63) is 0 Å². The molecule has 13 heavy (non-hydrogen) atoms. The maximum atomic E-state index is 10.9. The highest BCUT2D eigenvalue weighted by atomic mass is 35.5. The van der Waals surface area contributed by atoms with E-state index >= 15 is 0 Å². The molecule has 3 N–H and O–H groups in total. The fraction of sp³-hybridized carbons (Fsp3) is 1.00. The molecule has 0 aromatic carbocycles. The van der Waals surface area contributed by atoms with Crippen molar-refractivity contribution in [2.75, 3.05) is 24.8 Å². The van der Waals surface area contributed by atoms with Gasteiger partial charge in [-0.1, -0.05) is 0 Å². The topological polar surface area (TPSA) is 104 Å². The first-order chi connectivity index (χ1) is 5.77. The van der Waals surface area contributed by atoms with E-state index in [1.165, 1.54) is 0 Å². The summed E-state index contributed by atoms with van der Waals surface area (Å²) in [6.07, 6.45) is -0.796. The lowest BCUT2D eigenvalue weighted by atomic mass is 10.9. The molecule has 0 radical (unpaired) electrons. The molecule has 0 aliphatic heterocycles. The van der Waals surface area contributed by atoms with Crippen molar-refractivity contribution in [2.45, 2.75) is 0 Å². The molecule has 0 bridgehead atoms. The minimum absolute atomic E-state index is 0.0380. The van der Waals surface area contributed by atoms with Crippen molar-refractivity contribution >= 4 is 26.8 Å². The summed E-state index contributed by atoms with van der Waals surface area (Å²) in [5.74, 6) is -0.0380. The predicted molar refractivity (Wildman–Crippen MR) is 48.3 cm³/mol. The van der Waals surface area contributed by atoms with Gasteiger partial charge in [-0.15, -0.1) is 11.6 Å². The van der Waals surface area contributed by atoms with E-state index in [0.717, 1.165) is 0 Å². The molecule has 6 nitrogen and oxygen atoms in total. The van der Waals surface area contributed by atoms with Gasteiger partial charge in [-0.25, -0.2) is 0 Å². The molecule has 0 aliphatic carbocycles. The average molecular weight is 253 g/mol. The summed E-state index contributed by atoms with van der Waals surface area (Å²) in [6, 6.07) is 0. The molecule has 80 valence electrons. The third-order valence-electron chi connectivity index (χ3n) is 1.04. The molecule has 1 unspecified atom stereocenters. The van der Waals surface area contributed by atoms with Gasteiger partial charge in [-0.05, 0) is 0 Å². The normalized spacial score (nSPS) is 16.9. The van der Waals surface area contributed by atoms with E-state index in [1.54, 1.807) is 0 Å². The van der Waals surface area contributed by atoms with Gasteiger partial charge >= 0.3 is 15.2 Å². The molecule has 9 heteroatoms. The zero-order valence-corrected chi connectivity index (χ0v) is 9.21. The van der Waals surface area contributed by atoms with Crippen LogP contribution in [0.5, 0.6) is 0 Å². The van der Waals surface area contributed by atoms with E-state index in [4.69, 9.17) is 26.3 Å². The number of halogens is 1. The quantitative estimate of drug-likeness (QED) is 0.472. The Bertz CT molecular complexity index is 237. The van der Waals surface area contributed by atoms with Crippen LogP contribution in [0.25, 0.3) is 0 Å². The first-order valence-corrected chi connectivity index (χ1v) is 7.43. The molecule has 0 saturated carbocycles. The summed E-state index contributed by atoms with van der Waals surface area (Å²) in [5.41, 5.74) is 0. The zero-order chi connectivity index (χ0) is 10.5. The van der Waals surface area contributed by atoms with E-state index in [0.29, 0.717) is 0 Å². The molecule has 0 aliphatic rings. The zero-order valence-electron chi connectivity index (χ0n) is 6.67. The van der Waals surface area contributed by atoms with Crippen LogP contribution in [-0.4, -0.2) is 39.5 Å². The summed E-state index contributed by atoms with van der Waals surface area (Å²) in [5, 5.41) is 0. The van der Waals surface area contributed by atoms with Crippen molar-refractivity contribution in [1.29, 1.82) is 0 Å². The molecular formula is C4H11ClO6P2. The third-order valence-corrected chi connectivity index (χ3v) is 3.64. The predicted octanol–water partition coefficient (Wildman–Crippen LogP) is 0.605. The van der Waals surface area contributed by atoms with Gasteiger partial charge < -0.3 is 19.2 Å². The first-order valence-electron chi connectivity index (χ1n) is 3.34. The van der Waals surface area contributed by atoms with Crippen molar-refractivity contribution in [2.24, 2.45) is 0 Å². The lowest BCUT2D eigenvalue weighted by molar-refractivity contribution is 0.268. The van der Waals surface area contributed by atoms with Crippen LogP contribution in [0.1, 0.15) is 0 Å². The minimum atomic E-state index is -4.16. The number of hydrogen-bond donors (Lipinski definition) is 3. The van der Waals surface area contributed by atoms with Gasteiger partial charge in [-0.3, -0.25) is 9.13 Å². The molecule has 0 heterocycles. The van der Waals surface area contributed by atoms with E-state index in [9.17, 15) is 9.13 Å². The average Bonchev–Trinajstić information content (AvgIpc) is 1.82. The van der Waals surface area contributed by atoms with Gasteiger partial charge in [0.25, 0.3) is 0 Å². The monoisotopic (exact) mass is 252 g/mol. The van der Waals surface area contributed by atoms with Crippen LogP contribution in [0.2, 0.25) is 0 Å². The fourth-order valence-corrected chi connectivity index (χ4v) is 2.31. The lowest BCUT2D eigenvalue weighted by Crippen LogP contribution is -2.02. The Morgan fingerprint density at radius 3 is 2.08 bits per heavy atom. The Balaban J connectivity index is 3.77. The SMILES string of the molecule is O=P(O)(O)CCOP(=O)(O)CCCl. The molecule has 0 aromatic rings. The third kappa shape index (κ3) is 8.91. The second-order valence-electron chi connectivity index (χ2n) is 2.27. The van der Waals surface area contributed by atoms with Crippen LogP contribution in [0, 0.1) is 0 Å². The molecule has 0 aromatic heterocycles. The Morgan fingerprint density at radius 2 is 1.69 bits per heavy atom. The van der Waals surface area contributed by atoms with Crippen LogP contribution in [0.4, 0.5) is 0 Å². The van der Waals surface area contributed by atoms with Gasteiger partial charge in [-0.2, -0.15) is 0 Å². The summed E-state index contributed by atoms with van der Waals surface area (Å²) in [6.45, 7) is -0.449. The van der Waals surface area contributed by atoms with Gasteiger partial charge in [0.2, 0.25) is 0 Å². The molecule has 0 rings (SSSR count). The summed E-state index contributed by atoms with van der Waals surface area (Å²) in [4.78, 5) is 25.7. The van der Waals surface area contributed by atoms with Gasteiger partial charge in [0, 0.05) is 5.88 Å². The molecule has 0 spiro atoms. The molecule has 1 atom stereocenters. The van der Waals surface area contributed by atoms with Crippen LogP contribution in [0.3, 0.4) is 0 Å². The Kier molecular flexibility index (Phi) is 5.71. The maximum absolute atomic E-state index is 10.9. The highest BCUT2D eigenvalue weighted by Crippen LogP contribution is 2.43. The van der Waals surface area contributed by atoms with Gasteiger partial charge in [0.1, 0.15) is 0 Å². The number of rotatable bonds is 6. The lowest BCUT2D eigenvalue weighted by Gasteiger charge is -2.10. The van der Waals surface area contributed by atoms with Gasteiger partial charge in [0.15, 0.2) is 0 Å². The molecule has 0 saturated heterocycles. The number of hydrogen-bond acceptors (Lipinski definition) is 3. The largest absolute Gasteiger partial charge is 0.329 e. The van der Waals surface area contributed by atoms with E-state index < -0.39 is 28.0 Å². The molecule has 0 amide bonds.